The second kappa shape index (κ2) is 14.0. The maximum atomic E-state index is 12.6. The number of carbonyl (C=O) groups excluding carboxylic acids is 5. The Hall–Kier alpha value is -3.22. The van der Waals surface area contributed by atoms with Crippen LogP contribution >= 0.6 is 0 Å². The third kappa shape index (κ3) is 10.2. The molecular weight excluding hydrogens is 424 g/mol. The molecule has 1 unspecified atom stereocenters. The molecule has 0 aliphatic heterocycles. The molecular formula is C19H34N6O7. The molecule has 0 rings (SSSR count). The first-order valence-electron chi connectivity index (χ1n) is 10.1. The van der Waals surface area contributed by atoms with Crippen LogP contribution in [0, 0.1) is 0 Å². The molecule has 0 saturated heterocycles. The van der Waals surface area contributed by atoms with E-state index in [0.29, 0.717) is 32.2 Å². The van der Waals surface area contributed by atoms with Gasteiger partial charge >= 0.3 is 5.97 Å². The minimum absolute atomic E-state index is 0.274. The van der Waals surface area contributed by atoms with Crippen molar-refractivity contribution < 1.29 is 33.9 Å². The van der Waals surface area contributed by atoms with Gasteiger partial charge in [-0.2, -0.15) is 0 Å². The number of nitrogens with one attached hydrogen (secondary N) is 3. The maximum Gasteiger partial charge on any atom is 0.328 e. The number of hydrogen-bond acceptors (Lipinski definition) is 7. The van der Waals surface area contributed by atoms with E-state index in [0.717, 1.165) is 4.90 Å². The number of unbranched alkanes of at least 4 members (excludes halogenated alkanes) is 1. The number of nitrogens with two attached hydrogens (primary N) is 1. The average molecular weight is 459 g/mol. The van der Waals surface area contributed by atoms with E-state index in [1.807, 2.05) is 0 Å². The van der Waals surface area contributed by atoms with Gasteiger partial charge in [0.25, 0.3) is 0 Å². The van der Waals surface area contributed by atoms with Gasteiger partial charge in [0.2, 0.25) is 30.0 Å². The summed E-state index contributed by atoms with van der Waals surface area (Å²) in [5.74, 6) is -3.53. The lowest BCUT2D eigenvalue weighted by atomic mass is 10.1. The monoisotopic (exact) mass is 458 g/mol. The highest BCUT2D eigenvalue weighted by molar-refractivity contribution is 5.93. The molecule has 0 saturated carbocycles. The van der Waals surface area contributed by atoms with Gasteiger partial charge in [-0.05, 0) is 39.7 Å². The van der Waals surface area contributed by atoms with Gasteiger partial charge in [-0.3, -0.25) is 24.0 Å². The molecule has 0 bridgehead atoms. The highest BCUT2D eigenvalue weighted by Gasteiger charge is 2.30. The fraction of sp³-hybridized carbons (Fsp3) is 0.684. The van der Waals surface area contributed by atoms with Crippen molar-refractivity contribution in [2.24, 2.45) is 5.73 Å². The van der Waals surface area contributed by atoms with Crippen molar-refractivity contribution in [1.82, 2.24) is 25.8 Å². The Labute approximate surface area is 187 Å². The van der Waals surface area contributed by atoms with Gasteiger partial charge in [0, 0.05) is 14.1 Å². The Balaban J connectivity index is 4.90. The molecule has 0 aromatic heterocycles. The predicted octanol–water partition coefficient (Wildman–Crippen LogP) is -2.76. The summed E-state index contributed by atoms with van der Waals surface area (Å²) in [4.78, 5) is 72.7. The summed E-state index contributed by atoms with van der Waals surface area (Å²) in [5, 5.41) is 16.0. The molecule has 0 aromatic rings. The van der Waals surface area contributed by atoms with Crippen LogP contribution in [-0.2, 0) is 28.8 Å². The average Bonchev–Trinajstić information content (AvgIpc) is 2.71. The van der Waals surface area contributed by atoms with Crippen molar-refractivity contribution in [3.63, 3.8) is 0 Å². The summed E-state index contributed by atoms with van der Waals surface area (Å²) in [5.41, 5.74) is 3.98. The van der Waals surface area contributed by atoms with Crippen LogP contribution in [0.5, 0.6) is 0 Å². The first kappa shape index (κ1) is 28.8. The number of hydrogen-bond donors (Lipinski definition) is 5. The first-order valence-corrected chi connectivity index (χ1v) is 10.1. The van der Waals surface area contributed by atoms with Crippen molar-refractivity contribution in [1.29, 1.82) is 0 Å². The third-order valence-electron chi connectivity index (χ3n) is 4.64. The van der Waals surface area contributed by atoms with E-state index in [4.69, 9.17) is 10.8 Å². The minimum Gasteiger partial charge on any atom is -0.480 e. The lowest BCUT2D eigenvalue weighted by molar-refractivity contribution is -0.146. The van der Waals surface area contributed by atoms with E-state index >= 15 is 0 Å². The molecule has 32 heavy (non-hydrogen) atoms. The second-order valence-corrected chi connectivity index (χ2v) is 7.75. The molecule has 0 spiro atoms. The maximum absolute atomic E-state index is 12.6. The van der Waals surface area contributed by atoms with Crippen LogP contribution in [0.1, 0.15) is 33.1 Å². The van der Waals surface area contributed by atoms with E-state index in [1.165, 1.54) is 32.8 Å². The molecule has 1 atom stereocenters. The smallest absolute Gasteiger partial charge is 0.328 e. The van der Waals surface area contributed by atoms with E-state index in [1.54, 1.807) is 0 Å². The van der Waals surface area contributed by atoms with Gasteiger partial charge in [0.05, 0.1) is 19.6 Å². The number of carboxylic acid groups (broad SMARTS) is 1. The summed E-state index contributed by atoms with van der Waals surface area (Å²) in [6.45, 7) is 1.94. The molecule has 0 aromatic carbocycles. The molecule has 5 amide bonds. The highest BCUT2D eigenvalue weighted by Crippen LogP contribution is 2.08. The zero-order chi connectivity index (χ0) is 24.9. The van der Waals surface area contributed by atoms with Gasteiger partial charge in [0.1, 0.15) is 11.6 Å². The molecule has 0 heterocycles. The van der Waals surface area contributed by atoms with Crippen molar-refractivity contribution in [2.75, 3.05) is 40.3 Å². The van der Waals surface area contributed by atoms with E-state index in [2.05, 4.69) is 16.0 Å². The zero-order valence-corrected chi connectivity index (χ0v) is 19.0. The van der Waals surface area contributed by atoms with Crippen LogP contribution in [0.25, 0.3) is 0 Å². The molecule has 0 aliphatic carbocycles. The second-order valence-electron chi connectivity index (χ2n) is 7.75. The Morgan fingerprint density at radius 2 is 1.69 bits per heavy atom. The number of likely N-dealkylation sites (N-methyl/N-ethyl adjacent to an activating group) is 2. The fourth-order valence-corrected chi connectivity index (χ4v) is 2.57. The van der Waals surface area contributed by atoms with Crippen LogP contribution in [0.3, 0.4) is 0 Å². The normalized spacial score (nSPS) is 11.7. The summed E-state index contributed by atoms with van der Waals surface area (Å²) in [6, 6.07) is -0.875. The topological polar surface area (TPSA) is 191 Å². The van der Waals surface area contributed by atoms with Crippen molar-refractivity contribution in [3.05, 3.63) is 0 Å². The summed E-state index contributed by atoms with van der Waals surface area (Å²) >= 11 is 0. The van der Waals surface area contributed by atoms with Crippen LogP contribution in [0.4, 0.5) is 0 Å². The number of nitrogens with zero attached hydrogens (tertiary/aromatic N) is 2. The lowest BCUT2D eigenvalue weighted by Gasteiger charge is -2.28. The van der Waals surface area contributed by atoms with Crippen LogP contribution in [-0.4, -0.2) is 103 Å². The van der Waals surface area contributed by atoms with Crippen LogP contribution in [0.15, 0.2) is 0 Å². The van der Waals surface area contributed by atoms with E-state index < -0.39 is 54.3 Å². The fourth-order valence-electron chi connectivity index (χ4n) is 2.57. The highest BCUT2D eigenvalue weighted by atomic mass is 16.4. The number of amides is 5. The number of carbonyl (C=O) groups is 6. The Morgan fingerprint density at radius 1 is 1.06 bits per heavy atom. The van der Waals surface area contributed by atoms with Crippen LogP contribution < -0.4 is 21.7 Å². The molecule has 6 N–H and O–H groups in total. The van der Waals surface area contributed by atoms with Crippen molar-refractivity contribution in [3.8, 4) is 0 Å². The van der Waals surface area contributed by atoms with Crippen molar-refractivity contribution >= 4 is 36.0 Å². The Bertz CT molecular complexity index is 698. The molecule has 13 nitrogen and oxygen atoms in total. The predicted molar refractivity (Wildman–Crippen MR) is 114 cm³/mol. The van der Waals surface area contributed by atoms with Gasteiger partial charge in [-0.15, -0.1) is 0 Å². The van der Waals surface area contributed by atoms with E-state index in [9.17, 15) is 28.8 Å². The molecule has 0 fully saturated rings. The van der Waals surface area contributed by atoms with Gasteiger partial charge in [0.15, 0.2) is 0 Å². The standard InChI is InChI=1S/C19H34N6O7/c1-19(2,18(31)32)23-14(27)11-24(3)15(28)10-22-17(30)13(7-5-6-8-20)25(4)16(29)9-21-12-26/h12-13H,5-11,20H2,1-4H3,(H,21,26)(H,22,30)(H,23,27)(H,31,32). The Morgan fingerprint density at radius 3 is 2.22 bits per heavy atom. The molecule has 13 heteroatoms. The number of carboxylic acids is 1. The molecule has 182 valence electrons. The summed E-state index contributed by atoms with van der Waals surface area (Å²) in [6.07, 6.45) is 1.89. The third-order valence-corrected chi connectivity index (χ3v) is 4.64. The SMILES string of the molecule is CN(CC(=O)NC(C)(C)C(=O)O)C(=O)CNC(=O)C(CCCCN)N(C)C(=O)CNC=O. The number of rotatable bonds is 15. The molecule has 0 aliphatic rings. The van der Waals surface area contributed by atoms with E-state index in [-0.39, 0.29) is 6.54 Å². The summed E-state index contributed by atoms with van der Waals surface area (Å²) in [7, 11) is 2.76. The van der Waals surface area contributed by atoms with Gasteiger partial charge in [-0.1, -0.05) is 0 Å². The molecule has 0 radical (unpaired) electrons. The van der Waals surface area contributed by atoms with Crippen molar-refractivity contribution in [2.45, 2.75) is 44.7 Å². The Kier molecular flexibility index (Phi) is 12.6. The van der Waals surface area contributed by atoms with Crippen LogP contribution in [0.2, 0.25) is 0 Å². The summed E-state index contributed by atoms with van der Waals surface area (Å²) < 4.78 is 0. The number of aliphatic carboxylic acids is 1. The zero-order valence-electron chi connectivity index (χ0n) is 19.0. The minimum atomic E-state index is -1.50. The lowest BCUT2D eigenvalue weighted by Crippen LogP contribution is -2.54. The first-order chi connectivity index (χ1) is 14.9. The quantitative estimate of drug-likeness (QED) is 0.129. The largest absolute Gasteiger partial charge is 0.480 e. The van der Waals surface area contributed by atoms with Gasteiger partial charge < -0.3 is 36.6 Å². The van der Waals surface area contributed by atoms with Gasteiger partial charge in [-0.25, -0.2) is 4.79 Å².